The Bertz CT molecular complexity index is 630. The maximum Gasteiger partial charge on any atom is 0.303 e. The molecule has 1 aromatic heterocycles. The summed E-state index contributed by atoms with van der Waals surface area (Å²) in [6.07, 6.45) is 1.72. The molecule has 5 nitrogen and oxygen atoms in total. The fourth-order valence-electron chi connectivity index (χ4n) is 1.64. The lowest BCUT2D eigenvalue weighted by molar-refractivity contribution is -0.136. The number of carboxylic acids is 1. The van der Waals surface area contributed by atoms with Gasteiger partial charge in [-0.2, -0.15) is 0 Å². The van der Waals surface area contributed by atoms with Gasteiger partial charge in [0.25, 0.3) is 5.56 Å². The molecule has 1 aromatic carbocycles. The second-order valence-electron chi connectivity index (χ2n) is 3.78. The number of carbonyl (C=O) groups is 1. The zero-order valence-electron chi connectivity index (χ0n) is 9.39. The number of nitrogens with one attached hydrogen (secondary N) is 1. The number of rotatable bonds is 4. The molecule has 0 saturated heterocycles. The van der Waals surface area contributed by atoms with Gasteiger partial charge in [0.15, 0.2) is 0 Å². The zero-order chi connectivity index (χ0) is 13.1. The number of para-hydroxylation sites is 1. The van der Waals surface area contributed by atoms with Crippen molar-refractivity contribution >= 4 is 21.9 Å². The summed E-state index contributed by atoms with van der Waals surface area (Å²) in [6, 6.07) is 7.31. The van der Waals surface area contributed by atoms with Crippen LogP contribution in [0.25, 0.3) is 5.69 Å². The van der Waals surface area contributed by atoms with E-state index in [4.69, 9.17) is 5.11 Å². The largest absolute Gasteiger partial charge is 0.481 e. The molecule has 18 heavy (non-hydrogen) atoms. The molecule has 2 rings (SSSR count). The van der Waals surface area contributed by atoms with Crippen molar-refractivity contribution in [2.75, 3.05) is 0 Å². The Morgan fingerprint density at radius 1 is 1.39 bits per heavy atom. The summed E-state index contributed by atoms with van der Waals surface area (Å²) in [7, 11) is 0. The van der Waals surface area contributed by atoms with E-state index >= 15 is 0 Å². The summed E-state index contributed by atoms with van der Waals surface area (Å²) in [4.78, 5) is 22.5. The molecule has 0 spiro atoms. The summed E-state index contributed by atoms with van der Waals surface area (Å²) in [5.74, 6) is -0.914. The zero-order valence-corrected chi connectivity index (χ0v) is 11.0. The first-order chi connectivity index (χ1) is 8.59. The molecular weight excluding hydrogens is 300 g/mol. The summed E-state index contributed by atoms with van der Waals surface area (Å²) in [6.45, 7) is 0. The number of hydrogen-bond donors (Lipinski definition) is 2. The number of aryl methyl sites for hydroxylation is 1. The van der Waals surface area contributed by atoms with Gasteiger partial charge in [0, 0.05) is 22.7 Å². The molecule has 0 aliphatic heterocycles. The molecule has 0 aliphatic rings. The summed E-state index contributed by atoms with van der Waals surface area (Å²) in [5.41, 5.74) is 0.945. The van der Waals surface area contributed by atoms with E-state index in [0.29, 0.717) is 11.3 Å². The number of H-pyrrole nitrogens is 1. The highest BCUT2D eigenvalue weighted by molar-refractivity contribution is 9.10. The maximum absolute atomic E-state index is 12.1. The van der Waals surface area contributed by atoms with Gasteiger partial charge in [0.1, 0.15) is 0 Å². The predicted octanol–water partition coefficient (Wildman–Crippen LogP) is 1.95. The molecular formula is C12H11BrN2O3. The van der Waals surface area contributed by atoms with Crippen LogP contribution in [0, 0.1) is 0 Å². The highest BCUT2D eigenvalue weighted by atomic mass is 79.9. The summed E-state index contributed by atoms with van der Waals surface area (Å²) in [5, 5.41) is 11.4. The SMILES string of the molecule is O=C(O)CCc1c[nH]n(-c2ccccc2Br)c1=O. The summed E-state index contributed by atoms with van der Waals surface area (Å²) >= 11 is 3.36. The van der Waals surface area contributed by atoms with Crippen LogP contribution in [0.15, 0.2) is 39.7 Å². The minimum Gasteiger partial charge on any atom is -0.481 e. The van der Waals surface area contributed by atoms with Crippen LogP contribution in [0.1, 0.15) is 12.0 Å². The molecule has 0 atom stereocenters. The predicted molar refractivity (Wildman–Crippen MR) is 70.0 cm³/mol. The van der Waals surface area contributed by atoms with Crippen LogP contribution < -0.4 is 5.56 Å². The molecule has 2 aromatic rings. The Morgan fingerprint density at radius 3 is 2.78 bits per heavy atom. The van der Waals surface area contributed by atoms with Crippen molar-refractivity contribution in [2.45, 2.75) is 12.8 Å². The van der Waals surface area contributed by atoms with E-state index in [1.807, 2.05) is 18.2 Å². The number of aromatic amines is 1. The number of hydrogen-bond acceptors (Lipinski definition) is 2. The van der Waals surface area contributed by atoms with Crippen LogP contribution in [-0.4, -0.2) is 20.9 Å². The van der Waals surface area contributed by atoms with E-state index in [1.54, 1.807) is 12.3 Å². The van der Waals surface area contributed by atoms with Gasteiger partial charge in [-0.05, 0) is 34.5 Å². The van der Waals surface area contributed by atoms with Crippen molar-refractivity contribution in [1.82, 2.24) is 9.78 Å². The molecule has 0 amide bonds. The lowest BCUT2D eigenvalue weighted by atomic mass is 10.2. The first-order valence-corrected chi connectivity index (χ1v) is 6.15. The van der Waals surface area contributed by atoms with Gasteiger partial charge in [0.2, 0.25) is 0 Å². The fraction of sp³-hybridized carbons (Fsp3) is 0.167. The molecule has 94 valence electrons. The number of aliphatic carboxylic acids is 1. The highest BCUT2D eigenvalue weighted by Gasteiger charge is 2.10. The van der Waals surface area contributed by atoms with Crippen LogP contribution in [0.4, 0.5) is 0 Å². The standard InChI is InChI=1S/C12H11BrN2O3/c13-9-3-1-2-4-10(9)15-12(18)8(7-14-15)5-6-11(16)17/h1-4,7,14H,5-6H2,(H,16,17). The monoisotopic (exact) mass is 310 g/mol. The molecule has 1 heterocycles. The van der Waals surface area contributed by atoms with E-state index in [-0.39, 0.29) is 18.4 Å². The lowest BCUT2D eigenvalue weighted by Gasteiger charge is -2.03. The van der Waals surface area contributed by atoms with Crippen molar-refractivity contribution in [3.63, 3.8) is 0 Å². The third kappa shape index (κ3) is 2.53. The minimum atomic E-state index is -0.914. The lowest BCUT2D eigenvalue weighted by Crippen LogP contribution is -2.18. The van der Waals surface area contributed by atoms with Gasteiger partial charge in [0.05, 0.1) is 5.69 Å². The third-order valence-corrected chi connectivity index (χ3v) is 3.22. The van der Waals surface area contributed by atoms with Gasteiger partial charge >= 0.3 is 5.97 Å². The van der Waals surface area contributed by atoms with Crippen LogP contribution in [0.3, 0.4) is 0 Å². The normalized spacial score (nSPS) is 10.5. The van der Waals surface area contributed by atoms with Crippen LogP contribution in [-0.2, 0) is 11.2 Å². The maximum atomic E-state index is 12.1. The van der Waals surface area contributed by atoms with Crippen molar-refractivity contribution in [1.29, 1.82) is 0 Å². The smallest absolute Gasteiger partial charge is 0.303 e. The molecule has 6 heteroatoms. The second kappa shape index (κ2) is 5.22. The Morgan fingerprint density at radius 2 is 2.11 bits per heavy atom. The molecule has 0 aliphatic carbocycles. The molecule has 0 fully saturated rings. The number of halogens is 1. The molecule has 0 radical (unpaired) electrons. The van der Waals surface area contributed by atoms with Crippen LogP contribution >= 0.6 is 15.9 Å². The van der Waals surface area contributed by atoms with Gasteiger partial charge in [-0.25, -0.2) is 4.68 Å². The van der Waals surface area contributed by atoms with E-state index in [0.717, 1.165) is 4.47 Å². The highest BCUT2D eigenvalue weighted by Crippen LogP contribution is 2.18. The van der Waals surface area contributed by atoms with Gasteiger partial charge in [-0.15, -0.1) is 0 Å². The fourth-order valence-corrected chi connectivity index (χ4v) is 2.10. The Kier molecular flexibility index (Phi) is 3.66. The second-order valence-corrected chi connectivity index (χ2v) is 4.64. The Hall–Kier alpha value is -1.82. The number of carboxylic acid groups (broad SMARTS) is 1. The van der Waals surface area contributed by atoms with E-state index in [1.165, 1.54) is 4.68 Å². The Labute approximate surface area is 111 Å². The van der Waals surface area contributed by atoms with Crippen LogP contribution in [0.5, 0.6) is 0 Å². The minimum absolute atomic E-state index is 0.0525. The average molecular weight is 311 g/mol. The molecule has 0 bridgehead atoms. The van der Waals surface area contributed by atoms with E-state index in [2.05, 4.69) is 21.0 Å². The number of aromatic nitrogens is 2. The molecule has 0 unspecified atom stereocenters. The van der Waals surface area contributed by atoms with Gasteiger partial charge in [-0.3, -0.25) is 14.7 Å². The number of nitrogens with zero attached hydrogens (tertiary/aromatic N) is 1. The van der Waals surface area contributed by atoms with Crippen molar-refractivity contribution in [3.05, 3.63) is 50.9 Å². The first kappa shape index (κ1) is 12.6. The van der Waals surface area contributed by atoms with Crippen LogP contribution in [0.2, 0.25) is 0 Å². The molecule has 0 saturated carbocycles. The Balaban J connectivity index is 2.34. The van der Waals surface area contributed by atoms with Crippen molar-refractivity contribution < 1.29 is 9.90 Å². The van der Waals surface area contributed by atoms with E-state index < -0.39 is 5.97 Å². The topological polar surface area (TPSA) is 75.1 Å². The third-order valence-electron chi connectivity index (χ3n) is 2.55. The van der Waals surface area contributed by atoms with Crippen molar-refractivity contribution in [2.24, 2.45) is 0 Å². The van der Waals surface area contributed by atoms with Gasteiger partial charge < -0.3 is 5.11 Å². The van der Waals surface area contributed by atoms with E-state index in [9.17, 15) is 9.59 Å². The quantitative estimate of drug-likeness (QED) is 0.906. The van der Waals surface area contributed by atoms with Crippen molar-refractivity contribution in [3.8, 4) is 5.69 Å². The molecule has 2 N–H and O–H groups in total. The number of benzene rings is 1. The first-order valence-electron chi connectivity index (χ1n) is 5.35. The average Bonchev–Trinajstić information content (AvgIpc) is 2.69. The summed E-state index contributed by atoms with van der Waals surface area (Å²) < 4.78 is 2.18. The van der Waals surface area contributed by atoms with Gasteiger partial charge in [-0.1, -0.05) is 12.1 Å².